The highest BCUT2D eigenvalue weighted by Gasteiger charge is 2.25. The molecule has 0 unspecified atom stereocenters. The van der Waals surface area contributed by atoms with Crippen molar-refractivity contribution in [1.29, 1.82) is 0 Å². The maximum atomic E-state index is 12.0. The van der Waals surface area contributed by atoms with Gasteiger partial charge in [0.2, 0.25) is 5.91 Å². The molecular weight excluding hydrogens is 432 g/mol. The Balaban J connectivity index is 1.56. The number of carbonyl (C=O) groups is 2. The fraction of sp³-hybridized carbons (Fsp3) is 0.273. The standard InChI is InChI=1S/C22H21ClN6O3/c1-32-16-4-2-3-15(20(16)23)26-17-9-18(24-10-12-5-6-12)29-21(27-17)14(11-25-29)7-13-8-19(30)28-22(13)31/h2-4,7,9,11-12,24H,5-6,8,10H2,1H3,(H,26,27)(H,28,30,31)/b13-7+. The molecule has 2 aliphatic rings. The van der Waals surface area contributed by atoms with Crippen LogP contribution < -0.4 is 20.7 Å². The number of nitrogens with one attached hydrogen (secondary N) is 3. The summed E-state index contributed by atoms with van der Waals surface area (Å²) in [5, 5.41) is 13.9. The number of fused-ring (bicyclic) bond motifs is 1. The van der Waals surface area contributed by atoms with Crippen LogP contribution in [0.2, 0.25) is 5.02 Å². The molecule has 1 aliphatic carbocycles. The van der Waals surface area contributed by atoms with Crippen molar-refractivity contribution in [3.63, 3.8) is 0 Å². The van der Waals surface area contributed by atoms with E-state index in [2.05, 4.69) is 21.0 Å². The van der Waals surface area contributed by atoms with E-state index in [0.29, 0.717) is 45.0 Å². The number of hydrogen-bond donors (Lipinski definition) is 3. The van der Waals surface area contributed by atoms with Gasteiger partial charge in [0, 0.05) is 23.7 Å². The van der Waals surface area contributed by atoms with E-state index in [1.165, 1.54) is 12.8 Å². The molecule has 0 spiro atoms. The van der Waals surface area contributed by atoms with Gasteiger partial charge in [0.1, 0.15) is 22.4 Å². The van der Waals surface area contributed by atoms with Crippen LogP contribution in [0.15, 0.2) is 36.0 Å². The summed E-state index contributed by atoms with van der Waals surface area (Å²) in [5.74, 6) is 1.83. The van der Waals surface area contributed by atoms with Crippen molar-refractivity contribution < 1.29 is 14.3 Å². The van der Waals surface area contributed by atoms with E-state index < -0.39 is 0 Å². The van der Waals surface area contributed by atoms with E-state index >= 15 is 0 Å². The summed E-state index contributed by atoms with van der Waals surface area (Å²) in [6, 6.07) is 7.31. The van der Waals surface area contributed by atoms with Gasteiger partial charge in [-0.3, -0.25) is 14.9 Å². The van der Waals surface area contributed by atoms with Crippen LogP contribution in [0.25, 0.3) is 11.7 Å². The zero-order valence-corrected chi connectivity index (χ0v) is 18.1. The van der Waals surface area contributed by atoms with Crippen LogP contribution in [0.5, 0.6) is 5.75 Å². The molecule has 5 rings (SSSR count). The van der Waals surface area contributed by atoms with Crippen molar-refractivity contribution in [2.75, 3.05) is 24.3 Å². The number of ether oxygens (including phenoxy) is 1. The molecule has 0 radical (unpaired) electrons. The van der Waals surface area contributed by atoms with Crippen molar-refractivity contribution in [3.8, 4) is 5.75 Å². The average molecular weight is 453 g/mol. The molecule has 10 heteroatoms. The molecule has 1 aromatic carbocycles. The fourth-order valence-corrected chi connectivity index (χ4v) is 3.80. The molecule has 2 aromatic heterocycles. The summed E-state index contributed by atoms with van der Waals surface area (Å²) in [6.45, 7) is 0.839. The molecule has 9 nitrogen and oxygen atoms in total. The number of halogens is 1. The zero-order chi connectivity index (χ0) is 22.2. The largest absolute Gasteiger partial charge is 0.495 e. The van der Waals surface area contributed by atoms with Crippen molar-refractivity contribution in [2.24, 2.45) is 5.92 Å². The average Bonchev–Trinajstić information content (AvgIpc) is 3.44. The summed E-state index contributed by atoms with van der Waals surface area (Å²) in [7, 11) is 1.56. The van der Waals surface area contributed by atoms with Gasteiger partial charge in [-0.25, -0.2) is 4.98 Å². The van der Waals surface area contributed by atoms with E-state index in [4.69, 9.17) is 21.3 Å². The Bertz CT molecular complexity index is 1260. The second kappa shape index (κ2) is 8.16. The maximum Gasteiger partial charge on any atom is 0.254 e. The van der Waals surface area contributed by atoms with Crippen molar-refractivity contribution in [2.45, 2.75) is 19.3 Å². The molecule has 1 aliphatic heterocycles. The van der Waals surface area contributed by atoms with Gasteiger partial charge in [0.25, 0.3) is 5.91 Å². The number of anilines is 3. The maximum absolute atomic E-state index is 12.0. The number of methoxy groups -OCH3 is 1. The summed E-state index contributed by atoms with van der Waals surface area (Å²) in [4.78, 5) is 28.3. The third-order valence-electron chi connectivity index (χ3n) is 5.44. The first kappa shape index (κ1) is 20.3. The van der Waals surface area contributed by atoms with Crippen molar-refractivity contribution in [1.82, 2.24) is 19.9 Å². The molecule has 3 heterocycles. The first-order valence-corrected chi connectivity index (χ1v) is 10.7. The third-order valence-corrected chi connectivity index (χ3v) is 5.83. The zero-order valence-electron chi connectivity index (χ0n) is 17.3. The minimum absolute atomic E-state index is 0.0420. The van der Waals surface area contributed by atoms with Crippen LogP contribution in [0, 0.1) is 5.92 Å². The highest BCUT2D eigenvalue weighted by Crippen LogP contribution is 2.34. The van der Waals surface area contributed by atoms with Gasteiger partial charge in [-0.1, -0.05) is 17.7 Å². The number of rotatable bonds is 7. The van der Waals surface area contributed by atoms with E-state index in [1.807, 2.05) is 18.2 Å². The number of benzene rings is 1. The van der Waals surface area contributed by atoms with Crippen LogP contribution >= 0.6 is 11.6 Å². The van der Waals surface area contributed by atoms with Crippen LogP contribution in [0.1, 0.15) is 24.8 Å². The monoisotopic (exact) mass is 452 g/mol. The highest BCUT2D eigenvalue weighted by molar-refractivity contribution is 6.34. The summed E-state index contributed by atoms with van der Waals surface area (Å²) in [6.07, 6.45) is 5.76. The molecule has 1 saturated heterocycles. The van der Waals surface area contributed by atoms with Crippen LogP contribution in [-0.4, -0.2) is 40.1 Å². The van der Waals surface area contributed by atoms with Gasteiger partial charge in [0.15, 0.2) is 5.65 Å². The van der Waals surface area contributed by atoms with Crippen molar-refractivity contribution >= 4 is 52.5 Å². The van der Waals surface area contributed by atoms with Gasteiger partial charge in [0.05, 0.1) is 25.4 Å². The third kappa shape index (κ3) is 3.99. The molecule has 3 aromatic rings. The quantitative estimate of drug-likeness (QED) is 0.372. The molecular formula is C22H21ClN6O3. The Morgan fingerprint density at radius 2 is 2.19 bits per heavy atom. The SMILES string of the molecule is COc1cccc(Nc2cc(NCC3CC3)n3ncc(/C=C4\CC(=O)NC4=O)c3n2)c1Cl. The van der Waals surface area contributed by atoms with Gasteiger partial charge in [-0.05, 0) is 37.0 Å². The Kier molecular flexibility index (Phi) is 5.18. The Labute approximate surface area is 188 Å². The Morgan fingerprint density at radius 1 is 1.34 bits per heavy atom. The molecule has 0 bridgehead atoms. The predicted molar refractivity (Wildman–Crippen MR) is 121 cm³/mol. The summed E-state index contributed by atoms with van der Waals surface area (Å²) >= 11 is 6.45. The number of hydrogen-bond acceptors (Lipinski definition) is 7. The lowest BCUT2D eigenvalue weighted by Crippen LogP contribution is -2.19. The summed E-state index contributed by atoms with van der Waals surface area (Å²) < 4.78 is 6.99. The molecule has 0 atom stereocenters. The predicted octanol–water partition coefficient (Wildman–Crippen LogP) is 3.39. The van der Waals surface area contributed by atoms with E-state index in [1.54, 1.807) is 30.0 Å². The first-order valence-electron chi connectivity index (χ1n) is 10.3. The number of imide groups is 1. The van der Waals surface area contributed by atoms with Crippen LogP contribution in [0.3, 0.4) is 0 Å². The molecule has 2 amide bonds. The highest BCUT2D eigenvalue weighted by atomic mass is 35.5. The van der Waals surface area contributed by atoms with E-state index in [-0.39, 0.29) is 18.2 Å². The number of nitrogens with zero attached hydrogens (tertiary/aromatic N) is 3. The van der Waals surface area contributed by atoms with E-state index in [0.717, 1.165) is 12.4 Å². The molecule has 1 saturated carbocycles. The lowest BCUT2D eigenvalue weighted by atomic mass is 10.1. The fourth-order valence-electron chi connectivity index (χ4n) is 3.55. The molecule has 32 heavy (non-hydrogen) atoms. The number of carbonyl (C=O) groups excluding carboxylic acids is 2. The normalized spacial score (nSPS) is 17.1. The smallest absolute Gasteiger partial charge is 0.254 e. The molecule has 2 fully saturated rings. The van der Waals surface area contributed by atoms with Crippen LogP contribution in [0.4, 0.5) is 17.3 Å². The summed E-state index contributed by atoms with van der Waals surface area (Å²) in [5.41, 5.74) is 2.22. The van der Waals surface area contributed by atoms with Gasteiger partial charge >= 0.3 is 0 Å². The minimum Gasteiger partial charge on any atom is -0.495 e. The lowest BCUT2D eigenvalue weighted by molar-refractivity contribution is -0.124. The number of amides is 2. The second-order valence-corrected chi connectivity index (χ2v) is 8.23. The van der Waals surface area contributed by atoms with Crippen molar-refractivity contribution in [3.05, 3.63) is 46.6 Å². The van der Waals surface area contributed by atoms with Gasteiger partial charge in [-0.2, -0.15) is 9.61 Å². The van der Waals surface area contributed by atoms with Crippen LogP contribution in [-0.2, 0) is 9.59 Å². The van der Waals surface area contributed by atoms with Gasteiger partial charge in [-0.15, -0.1) is 0 Å². The number of aromatic nitrogens is 3. The first-order chi connectivity index (χ1) is 15.5. The molecule has 3 N–H and O–H groups in total. The Morgan fingerprint density at radius 3 is 2.91 bits per heavy atom. The lowest BCUT2D eigenvalue weighted by Gasteiger charge is -2.13. The van der Waals surface area contributed by atoms with Gasteiger partial charge < -0.3 is 15.4 Å². The molecule has 164 valence electrons. The minimum atomic E-state index is -0.390. The van der Waals surface area contributed by atoms with E-state index in [9.17, 15) is 9.59 Å². The topological polar surface area (TPSA) is 110 Å². The second-order valence-electron chi connectivity index (χ2n) is 7.86. The Hall–Kier alpha value is -3.59.